The molecular weight excluding hydrogens is 180 g/mol. The van der Waals surface area contributed by atoms with Gasteiger partial charge < -0.3 is 5.73 Å². The highest BCUT2D eigenvalue weighted by Crippen LogP contribution is 2.19. The van der Waals surface area contributed by atoms with Gasteiger partial charge in [-0.2, -0.15) is 15.8 Å². The monoisotopic (exact) mass is 190 g/mol. The highest BCUT2D eigenvalue weighted by atomic mass is 16.1. The maximum Gasteiger partial charge on any atom is 0.221 e. The van der Waals surface area contributed by atoms with Gasteiger partial charge in [0, 0.05) is 6.42 Å². The van der Waals surface area contributed by atoms with Crippen LogP contribution < -0.4 is 5.73 Å². The third-order valence-electron chi connectivity index (χ3n) is 1.90. The summed E-state index contributed by atoms with van der Waals surface area (Å²) in [5.41, 5.74) is 5.08. The molecule has 0 saturated carbocycles. The average Bonchev–Trinajstić information content (AvgIpc) is 2.16. The van der Waals surface area contributed by atoms with Gasteiger partial charge in [0.25, 0.3) is 0 Å². The second kappa shape index (κ2) is 6.46. The van der Waals surface area contributed by atoms with E-state index in [0.717, 1.165) is 0 Å². The molecular formula is C9H10N4O. The van der Waals surface area contributed by atoms with Crippen LogP contribution in [-0.4, -0.2) is 5.91 Å². The van der Waals surface area contributed by atoms with Gasteiger partial charge in [-0.1, -0.05) is 0 Å². The first-order valence-corrected chi connectivity index (χ1v) is 4.10. The van der Waals surface area contributed by atoms with Crippen LogP contribution >= 0.6 is 0 Å². The van der Waals surface area contributed by atoms with Gasteiger partial charge in [-0.25, -0.2) is 0 Å². The summed E-state index contributed by atoms with van der Waals surface area (Å²) in [4.78, 5) is 10.9. The van der Waals surface area contributed by atoms with Crippen molar-refractivity contribution >= 4 is 5.91 Å². The molecule has 0 radical (unpaired) electrons. The van der Waals surface area contributed by atoms with E-state index in [4.69, 9.17) is 21.5 Å². The van der Waals surface area contributed by atoms with Crippen LogP contribution in [0.25, 0.3) is 0 Å². The summed E-state index contributed by atoms with van der Waals surface area (Å²) in [5, 5.41) is 25.4. The summed E-state index contributed by atoms with van der Waals surface area (Å²) in [6.07, 6.45) is 0.374. The van der Waals surface area contributed by atoms with Crippen molar-refractivity contribution in [1.29, 1.82) is 15.8 Å². The molecule has 1 amide bonds. The Kier molecular flexibility index (Phi) is 5.51. The van der Waals surface area contributed by atoms with Crippen LogP contribution in [0.4, 0.5) is 0 Å². The number of carbonyl (C=O) groups is 1. The van der Waals surface area contributed by atoms with E-state index in [2.05, 4.69) is 0 Å². The maximum atomic E-state index is 10.9. The fraction of sp³-hybridized carbons (Fsp3) is 0.556. The highest BCUT2D eigenvalue weighted by Gasteiger charge is 2.25. The Morgan fingerprint density at radius 3 is 2.29 bits per heavy atom. The molecule has 0 saturated heterocycles. The van der Waals surface area contributed by atoms with Crippen molar-refractivity contribution in [3.63, 3.8) is 0 Å². The van der Waals surface area contributed by atoms with Gasteiger partial charge in [-0.3, -0.25) is 4.79 Å². The number of nitriles is 3. The molecule has 72 valence electrons. The lowest BCUT2D eigenvalue weighted by molar-refractivity contribution is -0.123. The second-order valence-corrected chi connectivity index (χ2v) is 2.80. The van der Waals surface area contributed by atoms with Crippen molar-refractivity contribution in [2.24, 2.45) is 17.6 Å². The van der Waals surface area contributed by atoms with Gasteiger partial charge in [0.15, 0.2) is 0 Å². The Hall–Kier alpha value is -2.06. The molecule has 0 fully saturated rings. The molecule has 0 aromatic rings. The number of amides is 1. The quantitative estimate of drug-likeness (QED) is 0.677. The highest BCUT2D eigenvalue weighted by molar-refractivity contribution is 5.77. The molecule has 0 rings (SSSR count). The SMILES string of the molecule is N#CCCC(C(N)=O)C(C#N)CC#N. The van der Waals surface area contributed by atoms with Gasteiger partial charge in [-0.05, 0) is 6.42 Å². The van der Waals surface area contributed by atoms with E-state index in [1.165, 1.54) is 0 Å². The number of carbonyl (C=O) groups excluding carboxylic acids is 1. The largest absolute Gasteiger partial charge is 0.369 e. The van der Waals surface area contributed by atoms with E-state index in [0.29, 0.717) is 0 Å². The van der Waals surface area contributed by atoms with Crippen molar-refractivity contribution in [3.8, 4) is 18.2 Å². The average molecular weight is 190 g/mol. The van der Waals surface area contributed by atoms with Crippen LogP contribution in [-0.2, 0) is 4.79 Å². The predicted molar refractivity (Wildman–Crippen MR) is 46.9 cm³/mol. The standard InChI is InChI=1S/C9H10N4O/c10-4-1-2-8(9(13)14)7(6-12)3-5-11/h7-8H,1-3H2,(H2,13,14). The summed E-state index contributed by atoms with van der Waals surface area (Å²) in [5.74, 6) is -2.02. The number of hydrogen-bond acceptors (Lipinski definition) is 4. The van der Waals surface area contributed by atoms with E-state index in [-0.39, 0.29) is 19.3 Å². The zero-order chi connectivity index (χ0) is 11.0. The van der Waals surface area contributed by atoms with Crippen LogP contribution in [0.3, 0.4) is 0 Å². The Morgan fingerprint density at radius 2 is 1.93 bits per heavy atom. The first kappa shape index (κ1) is 11.9. The van der Waals surface area contributed by atoms with Gasteiger partial charge in [0.2, 0.25) is 5.91 Å². The normalized spacial score (nSPS) is 12.9. The third-order valence-corrected chi connectivity index (χ3v) is 1.90. The summed E-state index contributed by atoms with van der Waals surface area (Å²) in [7, 11) is 0. The molecule has 0 bridgehead atoms. The molecule has 0 aliphatic rings. The number of rotatable bonds is 5. The van der Waals surface area contributed by atoms with Gasteiger partial charge in [-0.15, -0.1) is 0 Å². The van der Waals surface area contributed by atoms with Crippen LogP contribution in [0.2, 0.25) is 0 Å². The number of nitrogens with two attached hydrogens (primary N) is 1. The maximum absolute atomic E-state index is 10.9. The Labute approximate surface area is 82.3 Å². The Balaban J connectivity index is 4.49. The molecule has 2 N–H and O–H groups in total. The molecule has 0 heterocycles. The molecule has 2 atom stereocenters. The van der Waals surface area contributed by atoms with Gasteiger partial charge in [0.1, 0.15) is 0 Å². The molecule has 14 heavy (non-hydrogen) atoms. The zero-order valence-electron chi connectivity index (χ0n) is 7.60. The van der Waals surface area contributed by atoms with Crippen LogP contribution in [0, 0.1) is 45.8 Å². The van der Waals surface area contributed by atoms with E-state index in [1.54, 1.807) is 0 Å². The van der Waals surface area contributed by atoms with Crippen molar-refractivity contribution in [2.75, 3.05) is 0 Å². The lowest BCUT2D eigenvalue weighted by Gasteiger charge is -2.14. The first-order chi connectivity index (χ1) is 6.67. The van der Waals surface area contributed by atoms with Crippen molar-refractivity contribution < 1.29 is 4.79 Å². The Bertz CT molecular complexity index is 317. The molecule has 2 unspecified atom stereocenters. The summed E-state index contributed by atoms with van der Waals surface area (Å²) in [6, 6.07) is 5.55. The molecule has 0 aliphatic carbocycles. The van der Waals surface area contributed by atoms with Crippen molar-refractivity contribution in [2.45, 2.75) is 19.3 Å². The molecule has 0 aromatic carbocycles. The minimum atomic E-state index is -0.703. The lowest BCUT2D eigenvalue weighted by Crippen LogP contribution is -2.29. The van der Waals surface area contributed by atoms with E-state index >= 15 is 0 Å². The topological polar surface area (TPSA) is 114 Å². The molecule has 0 aliphatic heterocycles. The molecule has 0 aromatic heterocycles. The van der Waals surface area contributed by atoms with Crippen LogP contribution in [0.1, 0.15) is 19.3 Å². The lowest BCUT2D eigenvalue weighted by atomic mass is 9.87. The number of nitrogens with zero attached hydrogens (tertiary/aromatic N) is 3. The molecule has 0 spiro atoms. The van der Waals surface area contributed by atoms with E-state index in [1.807, 2.05) is 18.2 Å². The predicted octanol–water partition coefficient (Wildman–Crippen LogP) is 0.445. The van der Waals surface area contributed by atoms with E-state index in [9.17, 15) is 4.79 Å². The number of hydrogen-bond donors (Lipinski definition) is 1. The van der Waals surface area contributed by atoms with E-state index < -0.39 is 17.7 Å². The fourth-order valence-electron chi connectivity index (χ4n) is 1.14. The smallest absolute Gasteiger partial charge is 0.221 e. The molecule has 5 nitrogen and oxygen atoms in total. The zero-order valence-corrected chi connectivity index (χ0v) is 7.60. The van der Waals surface area contributed by atoms with Crippen LogP contribution in [0.5, 0.6) is 0 Å². The minimum absolute atomic E-state index is 0.0322. The first-order valence-electron chi connectivity index (χ1n) is 4.10. The van der Waals surface area contributed by atoms with Crippen LogP contribution in [0.15, 0.2) is 0 Å². The third kappa shape index (κ3) is 3.56. The summed E-state index contributed by atoms with van der Waals surface area (Å²) in [6.45, 7) is 0. The fourth-order valence-corrected chi connectivity index (χ4v) is 1.14. The van der Waals surface area contributed by atoms with Crippen molar-refractivity contribution in [1.82, 2.24) is 0 Å². The molecule has 5 heteroatoms. The summed E-state index contributed by atoms with van der Waals surface area (Å²) >= 11 is 0. The van der Waals surface area contributed by atoms with Crippen molar-refractivity contribution in [3.05, 3.63) is 0 Å². The minimum Gasteiger partial charge on any atom is -0.369 e. The second-order valence-electron chi connectivity index (χ2n) is 2.80. The number of primary amides is 1. The Morgan fingerprint density at radius 1 is 1.29 bits per heavy atom. The van der Waals surface area contributed by atoms with Gasteiger partial charge in [0.05, 0.1) is 36.5 Å². The summed E-state index contributed by atoms with van der Waals surface area (Å²) < 4.78 is 0. The van der Waals surface area contributed by atoms with Gasteiger partial charge >= 0.3 is 0 Å².